The minimum absolute atomic E-state index is 0.0341. The lowest BCUT2D eigenvalue weighted by molar-refractivity contribution is -0.143. The van der Waals surface area contributed by atoms with Crippen LogP contribution in [0.2, 0.25) is 0 Å². The van der Waals surface area contributed by atoms with E-state index in [1.165, 1.54) is 0 Å². The number of likely N-dealkylation sites (tertiary alicyclic amines) is 1. The monoisotopic (exact) mass is 530 g/mol. The summed E-state index contributed by atoms with van der Waals surface area (Å²) in [6.07, 6.45) is 2.74. The molecule has 3 heterocycles. The summed E-state index contributed by atoms with van der Waals surface area (Å²) in [4.78, 5) is 24.3. The molecule has 1 fully saturated rings. The highest BCUT2D eigenvalue weighted by Crippen LogP contribution is 2.24. The van der Waals surface area contributed by atoms with Gasteiger partial charge in [0, 0.05) is 56.9 Å². The molecule has 1 aliphatic heterocycles. The number of carbonyl (C=O) groups excluding carboxylic acids is 1. The van der Waals surface area contributed by atoms with E-state index in [4.69, 9.17) is 9.57 Å². The van der Waals surface area contributed by atoms with Crippen LogP contribution in [0.5, 0.6) is 0 Å². The molecule has 204 valence electrons. The number of carbonyl (C=O) groups is 1. The number of pyridine rings is 1. The Morgan fingerprint density at radius 2 is 2.03 bits per heavy atom. The van der Waals surface area contributed by atoms with Crippen molar-refractivity contribution < 1.29 is 27.5 Å². The van der Waals surface area contributed by atoms with E-state index < -0.39 is 24.8 Å². The quantitative estimate of drug-likeness (QED) is 0.180. The van der Waals surface area contributed by atoms with Gasteiger partial charge < -0.3 is 14.5 Å². The van der Waals surface area contributed by atoms with Gasteiger partial charge in [-0.25, -0.2) is 4.98 Å². The summed E-state index contributed by atoms with van der Waals surface area (Å²) in [5.41, 5.74) is 3.88. The molecule has 4 rings (SSSR count). The molecule has 1 aromatic carbocycles. The topological polar surface area (TPSA) is 68.4 Å². The Morgan fingerprint density at radius 1 is 1.21 bits per heavy atom. The number of oxime groups is 1. The largest absolute Gasteiger partial charge is 0.396 e. The third-order valence-corrected chi connectivity index (χ3v) is 6.70. The zero-order chi connectivity index (χ0) is 27.0. The average molecular weight is 531 g/mol. The molecular formula is C28H33F3N4O3. The van der Waals surface area contributed by atoms with E-state index >= 15 is 0 Å². The maximum atomic E-state index is 12.4. The molecule has 1 saturated heterocycles. The van der Waals surface area contributed by atoms with E-state index in [9.17, 15) is 18.0 Å². The summed E-state index contributed by atoms with van der Waals surface area (Å²) in [5, 5.41) is 4.09. The van der Waals surface area contributed by atoms with Crippen molar-refractivity contribution in [2.24, 2.45) is 5.16 Å². The zero-order valence-electron chi connectivity index (χ0n) is 21.5. The highest BCUT2D eigenvalue weighted by atomic mass is 19.4. The number of benzene rings is 1. The second kappa shape index (κ2) is 13.0. The first-order valence-electron chi connectivity index (χ1n) is 12.9. The van der Waals surface area contributed by atoms with Gasteiger partial charge >= 0.3 is 6.18 Å². The molecular weight excluding hydrogens is 497 g/mol. The summed E-state index contributed by atoms with van der Waals surface area (Å²) in [5.74, 6) is -0.435. The lowest BCUT2D eigenvalue weighted by Crippen LogP contribution is -2.37. The van der Waals surface area contributed by atoms with Crippen LogP contribution in [0.15, 0.2) is 53.9 Å². The number of piperidine rings is 1. The standard InChI is InChI=1S/C28H33F3N4O3/c1-37-25-8-12-34(13-9-25)11-3-15-38-33-19-22-7-14-35-26(20-32-27(35)18-22)23-5-2-4-21(16-23)17-24(36)6-10-28(29,30)31/h2,4-5,7,14,16,18-20,25H,3,6,8-13,15,17H2,1H3/b33-19-. The molecule has 38 heavy (non-hydrogen) atoms. The van der Waals surface area contributed by atoms with Gasteiger partial charge in [-0.2, -0.15) is 13.2 Å². The number of methoxy groups -OCH3 is 1. The van der Waals surface area contributed by atoms with Crippen molar-refractivity contribution in [2.45, 2.75) is 50.8 Å². The first-order valence-corrected chi connectivity index (χ1v) is 12.9. The van der Waals surface area contributed by atoms with Gasteiger partial charge in [0.1, 0.15) is 18.0 Å². The Labute approximate surface area is 220 Å². The molecule has 0 unspecified atom stereocenters. The van der Waals surface area contributed by atoms with E-state index in [2.05, 4.69) is 15.0 Å². The number of aromatic nitrogens is 2. The number of hydrogen-bond donors (Lipinski definition) is 0. The highest BCUT2D eigenvalue weighted by Gasteiger charge is 2.27. The van der Waals surface area contributed by atoms with Gasteiger partial charge in [0.15, 0.2) is 0 Å². The minimum atomic E-state index is -4.33. The van der Waals surface area contributed by atoms with E-state index in [0.29, 0.717) is 18.3 Å². The van der Waals surface area contributed by atoms with Gasteiger partial charge in [-0.3, -0.25) is 9.20 Å². The Hall–Kier alpha value is -3.24. The molecule has 7 nitrogen and oxygen atoms in total. The number of nitrogens with zero attached hydrogens (tertiary/aromatic N) is 4. The van der Waals surface area contributed by atoms with Gasteiger partial charge in [0.25, 0.3) is 0 Å². The number of ketones is 1. The van der Waals surface area contributed by atoms with Gasteiger partial charge in [0.2, 0.25) is 0 Å². The van der Waals surface area contributed by atoms with E-state index in [-0.39, 0.29) is 6.42 Å². The predicted molar refractivity (Wildman–Crippen MR) is 139 cm³/mol. The lowest BCUT2D eigenvalue weighted by atomic mass is 10.0. The molecule has 0 spiro atoms. The van der Waals surface area contributed by atoms with Crippen LogP contribution >= 0.6 is 0 Å². The highest BCUT2D eigenvalue weighted by molar-refractivity contribution is 5.82. The fraction of sp³-hybridized carbons (Fsp3) is 0.464. The van der Waals surface area contributed by atoms with Crippen molar-refractivity contribution in [1.82, 2.24) is 14.3 Å². The third-order valence-electron chi connectivity index (χ3n) is 6.70. The molecule has 10 heteroatoms. The molecule has 0 aliphatic carbocycles. The van der Waals surface area contributed by atoms with E-state index in [1.807, 2.05) is 34.9 Å². The van der Waals surface area contributed by atoms with Crippen LogP contribution in [0.25, 0.3) is 16.9 Å². The molecule has 0 atom stereocenters. The van der Waals surface area contributed by atoms with E-state index in [1.54, 1.807) is 31.7 Å². The summed E-state index contributed by atoms with van der Waals surface area (Å²) < 4.78 is 44.5. The summed E-state index contributed by atoms with van der Waals surface area (Å²) in [7, 11) is 1.77. The number of halogens is 3. The number of Topliss-reactive ketones (excluding diaryl/α,β-unsaturated/α-hetero) is 1. The van der Waals surface area contributed by atoms with Crippen LogP contribution in [0, 0.1) is 0 Å². The number of fused-ring (bicyclic) bond motifs is 1. The van der Waals surface area contributed by atoms with Crippen LogP contribution in [0.3, 0.4) is 0 Å². The Bertz CT molecular complexity index is 1230. The van der Waals surface area contributed by atoms with Crippen molar-refractivity contribution in [3.8, 4) is 11.3 Å². The van der Waals surface area contributed by atoms with Gasteiger partial charge in [-0.15, -0.1) is 0 Å². The van der Waals surface area contributed by atoms with Crippen LogP contribution in [-0.2, 0) is 20.8 Å². The van der Waals surface area contributed by atoms with Gasteiger partial charge in [0.05, 0.1) is 30.6 Å². The van der Waals surface area contributed by atoms with Crippen LogP contribution in [0.4, 0.5) is 13.2 Å². The van der Waals surface area contributed by atoms with Crippen molar-refractivity contribution in [1.29, 1.82) is 0 Å². The molecule has 0 radical (unpaired) electrons. The lowest BCUT2D eigenvalue weighted by Gasteiger charge is -2.30. The summed E-state index contributed by atoms with van der Waals surface area (Å²) in [6.45, 7) is 3.64. The first kappa shape index (κ1) is 27.8. The molecule has 0 N–H and O–H groups in total. The maximum Gasteiger partial charge on any atom is 0.389 e. The summed E-state index contributed by atoms with van der Waals surface area (Å²) >= 11 is 0. The number of ether oxygens (including phenoxy) is 1. The van der Waals surface area contributed by atoms with Crippen LogP contribution < -0.4 is 0 Å². The van der Waals surface area contributed by atoms with Crippen LogP contribution in [0.1, 0.15) is 43.2 Å². The van der Waals surface area contributed by atoms with Crippen molar-refractivity contribution in [3.05, 3.63) is 59.9 Å². The first-order chi connectivity index (χ1) is 18.3. The molecule has 0 amide bonds. The molecule has 0 bridgehead atoms. The maximum absolute atomic E-state index is 12.4. The van der Waals surface area contributed by atoms with Gasteiger partial charge in [-0.05, 0) is 43.0 Å². The summed E-state index contributed by atoms with van der Waals surface area (Å²) in [6, 6.07) is 11.0. The Balaban J connectivity index is 1.29. The number of imidazole rings is 1. The van der Waals surface area contributed by atoms with Crippen LogP contribution in [-0.4, -0.2) is 71.9 Å². The zero-order valence-corrected chi connectivity index (χ0v) is 21.5. The van der Waals surface area contributed by atoms with Crippen molar-refractivity contribution in [3.63, 3.8) is 0 Å². The Morgan fingerprint density at radius 3 is 2.79 bits per heavy atom. The van der Waals surface area contributed by atoms with Crippen molar-refractivity contribution in [2.75, 3.05) is 33.4 Å². The fourth-order valence-electron chi connectivity index (χ4n) is 4.60. The number of alkyl halides is 3. The van der Waals surface area contributed by atoms with E-state index in [0.717, 1.165) is 61.4 Å². The Kier molecular flexibility index (Phi) is 9.52. The molecule has 1 aliphatic rings. The molecule has 0 saturated carbocycles. The minimum Gasteiger partial charge on any atom is -0.396 e. The second-order valence-electron chi connectivity index (χ2n) is 9.56. The fourth-order valence-corrected chi connectivity index (χ4v) is 4.60. The second-order valence-corrected chi connectivity index (χ2v) is 9.56. The number of rotatable bonds is 12. The molecule has 2 aromatic heterocycles. The number of hydrogen-bond acceptors (Lipinski definition) is 6. The van der Waals surface area contributed by atoms with Crippen molar-refractivity contribution >= 4 is 17.6 Å². The normalized spacial score (nSPS) is 15.5. The molecule has 3 aromatic rings. The van der Waals surface area contributed by atoms with Gasteiger partial charge in [-0.1, -0.05) is 23.4 Å². The third kappa shape index (κ3) is 8.13. The smallest absolute Gasteiger partial charge is 0.389 e. The average Bonchev–Trinajstić information content (AvgIpc) is 3.33. The SMILES string of the molecule is COC1CCN(CCCO/N=C\c2ccn3c(-c4cccc(CC(=O)CCC(F)(F)F)c4)cnc3c2)CC1. The predicted octanol–water partition coefficient (Wildman–Crippen LogP) is 5.31.